The number of aliphatic hydroxyl groups is 1. The van der Waals surface area contributed by atoms with E-state index in [-0.39, 0.29) is 12.5 Å². The minimum absolute atomic E-state index is 0.0178. The lowest BCUT2D eigenvalue weighted by atomic mass is 9.98. The van der Waals surface area contributed by atoms with Gasteiger partial charge < -0.3 is 20.5 Å². The van der Waals surface area contributed by atoms with Gasteiger partial charge in [-0.05, 0) is 25.9 Å². The fourth-order valence-electron chi connectivity index (χ4n) is 1.53. The Kier molecular flexibility index (Phi) is 5.18. The molecular weight excluding hydrogens is 208 g/mol. The van der Waals surface area contributed by atoms with Gasteiger partial charge in [-0.15, -0.1) is 0 Å². The predicted molar refractivity (Wildman–Crippen MR) is 61.1 cm³/mol. The van der Waals surface area contributed by atoms with Crippen molar-refractivity contribution in [2.45, 2.75) is 25.4 Å². The highest BCUT2D eigenvalue weighted by Crippen LogP contribution is 2.10. The number of amides is 1. The molecule has 16 heavy (non-hydrogen) atoms. The molecule has 0 aromatic rings. The quantitative estimate of drug-likeness (QED) is 0.551. The summed E-state index contributed by atoms with van der Waals surface area (Å²) in [6, 6.07) is 0. The number of carbonyl (C=O) groups excluding carboxylic acids is 1. The Morgan fingerprint density at radius 3 is 2.81 bits per heavy atom. The normalized spacial score (nSPS) is 19.9. The van der Waals surface area contributed by atoms with Crippen molar-refractivity contribution < 1.29 is 14.6 Å². The van der Waals surface area contributed by atoms with Crippen LogP contribution in [0.3, 0.4) is 0 Å². The highest BCUT2D eigenvalue weighted by Gasteiger charge is 2.23. The average molecular weight is 230 g/mol. The van der Waals surface area contributed by atoms with E-state index in [1.165, 1.54) is 0 Å². The fraction of sp³-hybridized carbons (Fsp3) is 0.909. The van der Waals surface area contributed by atoms with Gasteiger partial charge in [0.05, 0.1) is 5.60 Å². The molecule has 5 heteroatoms. The summed E-state index contributed by atoms with van der Waals surface area (Å²) >= 11 is 0. The number of hydrogen-bond donors (Lipinski definition) is 3. The lowest BCUT2D eigenvalue weighted by Crippen LogP contribution is -2.46. The monoisotopic (exact) mass is 230 g/mol. The Morgan fingerprint density at radius 1 is 1.62 bits per heavy atom. The van der Waals surface area contributed by atoms with Crippen LogP contribution in [0.25, 0.3) is 0 Å². The molecule has 1 saturated heterocycles. The first kappa shape index (κ1) is 13.4. The zero-order valence-corrected chi connectivity index (χ0v) is 10.1. The van der Waals surface area contributed by atoms with Crippen LogP contribution in [0.5, 0.6) is 0 Å². The molecule has 1 rings (SSSR count). The standard InChI is InChI=1S/C11H22N2O3/c1-11(15,3-4-16-2)8-13-10(14)5-9-6-12-7-9/h9,12,15H,3-8H2,1-2H3,(H,13,14). The zero-order chi connectivity index (χ0) is 12.0. The van der Waals surface area contributed by atoms with Crippen LogP contribution < -0.4 is 10.6 Å². The summed E-state index contributed by atoms with van der Waals surface area (Å²) < 4.78 is 4.89. The average Bonchev–Trinajstić information content (AvgIpc) is 2.18. The van der Waals surface area contributed by atoms with Crippen molar-refractivity contribution in [3.63, 3.8) is 0 Å². The molecule has 1 heterocycles. The largest absolute Gasteiger partial charge is 0.388 e. The molecule has 0 radical (unpaired) electrons. The van der Waals surface area contributed by atoms with E-state index < -0.39 is 5.60 Å². The van der Waals surface area contributed by atoms with Crippen molar-refractivity contribution in [3.05, 3.63) is 0 Å². The maximum atomic E-state index is 11.5. The number of carbonyl (C=O) groups is 1. The molecule has 0 aromatic carbocycles. The molecule has 1 amide bonds. The molecule has 0 aromatic heterocycles. The molecule has 1 aliphatic heterocycles. The second-order valence-electron chi connectivity index (χ2n) is 4.74. The third kappa shape index (κ3) is 4.92. The molecule has 94 valence electrons. The lowest BCUT2D eigenvalue weighted by Gasteiger charge is -2.27. The minimum Gasteiger partial charge on any atom is -0.388 e. The van der Waals surface area contributed by atoms with Crippen LogP contribution in [0.2, 0.25) is 0 Å². The van der Waals surface area contributed by atoms with Gasteiger partial charge in [0.25, 0.3) is 0 Å². The molecule has 1 aliphatic rings. The van der Waals surface area contributed by atoms with Crippen LogP contribution in [0.15, 0.2) is 0 Å². The highest BCUT2D eigenvalue weighted by atomic mass is 16.5. The van der Waals surface area contributed by atoms with Crippen molar-refractivity contribution in [1.82, 2.24) is 10.6 Å². The Bertz CT molecular complexity index is 227. The van der Waals surface area contributed by atoms with Gasteiger partial charge in [0, 0.05) is 33.1 Å². The third-order valence-electron chi connectivity index (χ3n) is 2.85. The number of nitrogens with one attached hydrogen (secondary N) is 2. The SMILES string of the molecule is COCCC(C)(O)CNC(=O)CC1CNC1. The van der Waals surface area contributed by atoms with Gasteiger partial charge in [-0.1, -0.05) is 0 Å². The Hall–Kier alpha value is -0.650. The van der Waals surface area contributed by atoms with Crippen molar-refractivity contribution in [2.24, 2.45) is 5.92 Å². The summed E-state index contributed by atoms with van der Waals surface area (Å²) in [6.07, 6.45) is 1.07. The van der Waals surface area contributed by atoms with E-state index >= 15 is 0 Å². The van der Waals surface area contributed by atoms with Crippen LogP contribution in [0.4, 0.5) is 0 Å². The van der Waals surface area contributed by atoms with E-state index in [0.717, 1.165) is 13.1 Å². The Balaban J connectivity index is 2.13. The molecule has 1 atom stereocenters. The highest BCUT2D eigenvalue weighted by molar-refractivity contribution is 5.76. The predicted octanol–water partition coefficient (Wildman–Crippen LogP) is -0.500. The maximum Gasteiger partial charge on any atom is 0.220 e. The minimum atomic E-state index is -0.885. The first-order valence-electron chi connectivity index (χ1n) is 5.72. The Labute approximate surface area is 96.6 Å². The van der Waals surface area contributed by atoms with Crippen LogP contribution in [-0.4, -0.2) is 50.0 Å². The summed E-state index contributed by atoms with van der Waals surface area (Å²) in [5.41, 5.74) is -0.885. The van der Waals surface area contributed by atoms with E-state index in [4.69, 9.17) is 4.74 Å². The zero-order valence-electron chi connectivity index (χ0n) is 10.1. The van der Waals surface area contributed by atoms with Crippen LogP contribution >= 0.6 is 0 Å². The first-order chi connectivity index (χ1) is 7.53. The summed E-state index contributed by atoms with van der Waals surface area (Å²) in [4.78, 5) is 11.5. The topological polar surface area (TPSA) is 70.6 Å². The smallest absolute Gasteiger partial charge is 0.220 e. The molecule has 0 spiro atoms. The van der Waals surface area contributed by atoms with Crippen molar-refractivity contribution >= 4 is 5.91 Å². The van der Waals surface area contributed by atoms with Crippen LogP contribution in [0, 0.1) is 5.92 Å². The van der Waals surface area contributed by atoms with Crippen LogP contribution in [-0.2, 0) is 9.53 Å². The van der Waals surface area contributed by atoms with Crippen LogP contribution in [0.1, 0.15) is 19.8 Å². The Morgan fingerprint density at radius 2 is 2.31 bits per heavy atom. The van der Waals surface area contributed by atoms with E-state index in [1.807, 2.05) is 0 Å². The molecule has 0 saturated carbocycles. The molecular formula is C11H22N2O3. The summed E-state index contributed by atoms with van der Waals surface area (Å²) in [7, 11) is 1.60. The number of hydrogen-bond acceptors (Lipinski definition) is 4. The van der Waals surface area contributed by atoms with Gasteiger partial charge in [0.15, 0.2) is 0 Å². The summed E-state index contributed by atoms with van der Waals surface area (Å²) in [5, 5.41) is 15.8. The molecule has 3 N–H and O–H groups in total. The van der Waals surface area contributed by atoms with Gasteiger partial charge >= 0.3 is 0 Å². The fourth-order valence-corrected chi connectivity index (χ4v) is 1.53. The van der Waals surface area contributed by atoms with Gasteiger partial charge in [-0.3, -0.25) is 4.79 Å². The molecule has 0 aliphatic carbocycles. The second kappa shape index (κ2) is 6.18. The van der Waals surface area contributed by atoms with Gasteiger partial charge in [0.1, 0.15) is 0 Å². The van der Waals surface area contributed by atoms with E-state index in [0.29, 0.717) is 25.4 Å². The first-order valence-corrected chi connectivity index (χ1v) is 5.72. The van der Waals surface area contributed by atoms with Gasteiger partial charge in [0.2, 0.25) is 5.91 Å². The molecule has 1 fully saturated rings. The van der Waals surface area contributed by atoms with Gasteiger partial charge in [-0.2, -0.15) is 0 Å². The molecule has 0 bridgehead atoms. The number of methoxy groups -OCH3 is 1. The second-order valence-corrected chi connectivity index (χ2v) is 4.74. The molecule has 1 unspecified atom stereocenters. The number of ether oxygens (including phenoxy) is 1. The maximum absolute atomic E-state index is 11.5. The van der Waals surface area contributed by atoms with E-state index in [1.54, 1.807) is 14.0 Å². The molecule has 5 nitrogen and oxygen atoms in total. The summed E-state index contributed by atoms with van der Waals surface area (Å²) in [6.45, 7) is 4.34. The van der Waals surface area contributed by atoms with E-state index in [9.17, 15) is 9.90 Å². The third-order valence-corrected chi connectivity index (χ3v) is 2.85. The van der Waals surface area contributed by atoms with Crippen molar-refractivity contribution in [3.8, 4) is 0 Å². The number of rotatable bonds is 7. The van der Waals surface area contributed by atoms with Crippen molar-refractivity contribution in [2.75, 3.05) is 33.4 Å². The van der Waals surface area contributed by atoms with Crippen molar-refractivity contribution in [1.29, 1.82) is 0 Å². The summed E-state index contributed by atoms with van der Waals surface area (Å²) in [5.74, 6) is 0.480. The lowest BCUT2D eigenvalue weighted by molar-refractivity contribution is -0.123. The van der Waals surface area contributed by atoms with Gasteiger partial charge in [-0.25, -0.2) is 0 Å². The van der Waals surface area contributed by atoms with E-state index in [2.05, 4.69) is 10.6 Å².